The van der Waals surface area contributed by atoms with Crippen LogP contribution in [-0.4, -0.2) is 12.6 Å². The Morgan fingerprint density at radius 2 is 1.11 bits per heavy atom. The number of hydrogen-bond acceptors (Lipinski definition) is 3. The van der Waals surface area contributed by atoms with Crippen LogP contribution in [0.4, 0.5) is 17.1 Å². The van der Waals surface area contributed by atoms with Gasteiger partial charge in [0.1, 0.15) is 0 Å². The Morgan fingerprint density at radius 3 is 1.56 bits per heavy atom. The Hall–Kier alpha value is -4.11. The molecular weight excluding hydrogens is 442 g/mol. The highest BCUT2D eigenvalue weighted by molar-refractivity contribution is 5.86. The van der Waals surface area contributed by atoms with Crippen LogP contribution >= 0.6 is 0 Å². The standard InChI is InChI=1S/C33H33NO2/c1-24(2)33(35)36-23-5-6-27-11-13-28(14-12-27)29-15-21-32(22-16-29)34(30-17-7-25(3)8-18-30)31-19-9-26(4)10-20-31/h7-22H,1,5-6,23H2,2-4H3. The van der Waals surface area contributed by atoms with Crippen LogP contribution in [0.2, 0.25) is 0 Å². The van der Waals surface area contributed by atoms with Crippen LogP contribution in [0, 0.1) is 13.8 Å². The molecule has 0 aromatic heterocycles. The van der Waals surface area contributed by atoms with Gasteiger partial charge in [0.15, 0.2) is 0 Å². The van der Waals surface area contributed by atoms with Crippen molar-refractivity contribution in [2.75, 3.05) is 11.5 Å². The first-order valence-corrected chi connectivity index (χ1v) is 12.4. The fourth-order valence-corrected chi connectivity index (χ4v) is 4.07. The number of carbonyl (C=O) groups is 1. The van der Waals surface area contributed by atoms with E-state index in [0.29, 0.717) is 12.2 Å². The van der Waals surface area contributed by atoms with Crippen molar-refractivity contribution < 1.29 is 9.53 Å². The second-order valence-electron chi connectivity index (χ2n) is 9.27. The van der Waals surface area contributed by atoms with E-state index in [1.165, 1.54) is 27.8 Å². The van der Waals surface area contributed by atoms with Crippen LogP contribution in [0.25, 0.3) is 11.1 Å². The summed E-state index contributed by atoms with van der Waals surface area (Å²) in [6.45, 7) is 9.90. The summed E-state index contributed by atoms with van der Waals surface area (Å²) < 4.78 is 5.18. The first-order valence-electron chi connectivity index (χ1n) is 12.4. The van der Waals surface area contributed by atoms with Crippen LogP contribution in [-0.2, 0) is 16.0 Å². The minimum absolute atomic E-state index is 0.322. The highest BCUT2D eigenvalue weighted by atomic mass is 16.5. The number of carbonyl (C=O) groups excluding carboxylic acids is 1. The lowest BCUT2D eigenvalue weighted by Crippen LogP contribution is -2.09. The van der Waals surface area contributed by atoms with E-state index >= 15 is 0 Å². The van der Waals surface area contributed by atoms with Crippen molar-refractivity contribution in [3.05, 3.63) is 126 Å². The monoisotopic (exact) mass is 475 g/mol. The predicted molar refractivity (Wildman–Crippen MR) is 150 cm³/mol. The molecule has 0 heterocycles. The zero-order valence-electron chi connectivity index (χ0n) is 21.3. The fourth-order valence-electron chi connectivity index (χ4n) is 4.07. The van der Waals surface area contributed by atoms with E-state index in [4.69, 9.17) is 4.74 Å². The summed E-state index contributed by atoms with van der Waals surface area (Å²) >= 11 is 0. The van der Waals surface area contributed by atoms with Crippen LogP contribution in [0.15, 0.2) is 109 Å². The van der Waals surface area contributed by atoms with Crippen molar-refractivity contribution in [3.8, 4) is 11.1 Å². The molecule has 182 valence electrons. The SMILES string of the molecule is C=C(C)C(=O)OCCCc1ccc(-c2ccc(N(c3ccc(C)cc3)c3ccc(C)cc3)cc2)cc1. The highest BCUT2D eigenvalue weighted by Gasteiger charge is 2.12. The van der Waals surface area contributed by atoms with E-state index in [2.05, 4.69) is 122 Å². The first kappa shape index (κ1) is 25.0. The van der Waals surface area contributed by atoms with Gasteiger partial charge in [0, 0.05) is 22.6 Å². The lowest BCUT2D eigenvalue weighted by Gasteiger charge is -2.26. The Morgan fingerprint density at radius 1 is 0.694 bits per heavy atom. The normalized spacial score (nSPS) is 10.6. The van der Waals surface area contributed by atoms with Crippen LogP contribution in [0.1, 0.15) is 30.0 Å². The molecule has 0 aliphatic rings. The van der Waals surface area contributed by atoms with Gasteiger partial charge in [-0.2, -0.15) is 0 Å². The van der Waals surface area contributed by atoms with Gasteiger partial charge in [0.25, 0.3) is 0 Å². The van der Waals surface area contributed by atoms with Gasteiger partial charge in [-0.3, -0.25) is 0 Å². The summed E-state index contributed by atoms with van der Waals surface area (Å²) in [4.78, 5) is 13.8. The molecular formula is C33H33NO2. The maximum atomic E-state index is 11.5. The van der Waals surface area contributed by atoms with Crippen molar-refractivity contribution in [3.63, 3.8) is 0 Å². The van der Waals surface area contributed by atoms with E-state index < -0.39 is 0 Å². The maximum absolute atomic E-state index is 11.5. The third-order valence-corrected chi connectivity index (χ3v) is 6.19. The summed E-state index contributed by atoms with van der Waals surface area (Å²) in [6.07, 6.45) is 1.66. The highest BCUT2D eigenvalue weighted by Crippen LogP contribution is 2.35. The second-order valence-corrected chi connectivity index (χ2v) is 9.27. The molecule has 0 N–H and O–H groups in total. The van der Waals surface area contributed by atoms with Crippen molar-refractivity contribution in [1.29, 1.82) is 0 Å². The molecule has 0 atom stereocenters. The second kappa shape index (κ2) is 11.5. The number of benzene rings is 4. The van der Waals surface area contributed by atoms with E-state index in [-0.39, 0.29) is 5.97 Å². The Labute approximate surface area is 214 Å². The molecule has 3 heteroatoms. The smallest absolute Gasteiger partial charge is 0.333 e. The molecule has 0 amide bonds. The molecule has 3 nitrogen and oxygen atoms in total. The molecule has 4 rings (SSSR count). The first-order chi connectivity index (χ1) is 17.4. The van der Waals surface area contributed by atoms with Gasteiger partial charge < -0.3 is 9.64 Å². The summed E-state index contributed by atoms with van der Waals surface area (Å²) in [5, 5.41) is 0. The van der Waals surface area contributed by atoms with Crippen LogP contribution in [0.5, 0.6) is 0 Å². The zero-order valence-corrected chi connectivity index (χ0v) is 21.3. The summed E-state index contributed by atoms with van der Waals surface area (Å²) in [5.74, 6) is -0.322. The van der Waals surface area contributed by atoms with E-state index in [0.717, 1.165) is 29.9 Å². The number of nitrogens with zero attached hydrogens (tertiary/aromatic N) is 1. The van der Waals surface area contributed by atoms with Gasteiger partial charge in [0.2, 0.25) is 0 Å². The van der Waals surface area contributed by atoms with Crippen molar-refractivity contribution in [2.45, 2.75) is 33.6 Å². The molecule has 0 radical (unpaired) electrons. The number of ether oxygens (including phenoxy) is 1. The predicted octanol–water partition coefficient (Wildman–Crippen LogP) is 8.49. The van der Waals surface area contributed by atoms with Crippen molar-refractivity contribution in [1.82, 2.24) is 0 Å². The third kappa shape index (κ3) is 6.31. The Balaban J connectivity index is 1.48. The molecule has 0 bridgehead atoms. The lowest BCUT2D eigenvalue weighted by molar-refractivity contribution is -0.139. The van der Waals surface area contributed by atoms with Gasteiger partial charge in [-0.15, -0.1) is 0 Å². The van der Waals surface area contributed by atoms with Gasteiger partial charge in [0.05, 0.1) is 6.61 Å². The molecule has 0 fully saturated rings. The minimum Gasteiger partial charge on any atom is -0.462 e. The Bertz CT molecular complexity index is 1260. The molecule has 0 aliphatic carbocycles. The van der Waals surface area contributed by atoms with E-state index in [1.807, 2.05) is 0 Å². The molecule has 4 aromatic carbocycles. The number of hydrogen-bond donors (Lipinski definition) is 0. The third-order valence-electron chi connectivity index (χ3n) is 6.19. The fraction of sp³-hybridized carbons (Fsp3) is 0.182. The summed E-state index contributed by atoms with van der Waals surface area (Å²) in [6, 6.07) is 34.6. The summed E-state index contributed by atoms with van der Waals surface area (Å²) in [7, 11) is 0. The Kier molecular flexibility index (Phi) is 8.02. The number of esters is 1. The quantitative estimate of drug-likeness (QED) is 0.138. The van der Waals surface area contributed by atoms with Gasteiger partial charge in [-0.25, -0.2) is 4.79 Å². The van der Waals surface area contributed by atoms with Crippen LogP contribution in [0.3, 0.4) is 0 Å². The van der Waals surface area contributed by atoms with Crippen molar-refractivity contribution in [2.24, 2.45) is 0 Å². The molecule has 4 aromatic rings. The average molecular weight is 476 g/mol. The largest absolute Gasteiger partial charge is 0.462 e. The molecule has 0 unspecified atom stereocenters. The van der Waals surface area contributed by atoms with Crippen LogP contribution < -0.4 is 4.90 Å². The van der Waals surface area contributed by atoms with Gasteiger partial charge in [-0.1, -0.05) is 78.4 Å². The van der Waals surface area contributed by atoms with E-state index in [9.17, 15) is 4.79 Å². The van der Waals surface area contributed by atoms with Gasteiger partial charge >= 0.3 is 5.97 Å². The minimum atomic E-state index is -0.322. The molecule has 0 spiro atoms. The summed E-state index contributed by atoms with van der Waals surface area (Å²) in [5.41, 5.74) is 9.89. The lowest BCUT2D eigenvalue weighted by atomic mass is 10.0. The van der Waals surface area contributed by atoms with Gasteiger partial charge in [-0.05, 0) is 86.7 Å². The number of rotatable bonds is 9. The molecule has 0 aliphatic heterocycles. The molecule has 0 saturated carbocycles. The average Bonchev–Trinajstić information content (AvgIpc) is 2.89. The topological polar surface area (TPSA) is 29.5 Å². The van der Waals surface area contributed by atoms with Crippen molar-refractivity contribution >= 4 is 23.0 Å². The number of anilines is 3. The molecule has 36 heavy (non-hydrogen) atoms. The maximum Gasteiger partial charge on any atom is 0.333 e. The molecule has 0 saturated heterocycles. The number of aryl methyl sites for hydroxylation is 3. The van der Waals surface area contributed by atoms with E-state index in [1.54, 1.807) is 6.92 Å². The zero-order chi connectivity index (χ0) is 25.5.